The summed E-state index contributed by atoms with van der Waals surface area (Å²) >= 11 is 0. The van der Waals surface area contributed by atoms with E-state index < -0.39 is 0 Å². The van der Waals surface area contributed by atoms with Crippen molar-refractivity contribution in [2.45, 2.75) is 32.2 Å². The van der Waals surface area contributed by atoms with Crippen LogP contribution in [0.25, 0.3) is 11.3 Å². The molecule has 154 valence electrons. The first-order valence-corrected chi connectivity index (χ1v) is 10.2. The van der Waals surface area contributed by atoms with Crippen LogP contribution in [0.2, 0.25) is 0 Å². The highest BCUT2D eigenvalue weighted by atomic mass is 16.5. The number of hydrogen-bond acceptors (Lipinski definition) is 4. The minimum Gasteiger partial charge on any atom is -0.360 e. The molecule has 2 amide bonds. The summed E-state index contributed by atoms with van der Waals surface area (Å²) in [5.41, 5.74) is 3.06. The van der Waals surface area contributed by atoms with Gasteiger partial charge in [-0.05, 0) is 18.9 Å². The smallest absolute Gasteiger partial charge is 0.259 e. The van der Waals surface area contributed by atoms with Gasteiger partial charge < -0.3 is 14.7 Å². The lowest BCUT2D eigenvalue weighted by Crippen LogP contribution is -2.52. The number of aryl methyl sites for hydroxylation is 1. The number of amides is 2. The number of nitrogens with zero attached hydrogens (tertiary/aromatic N) is 2. The molecule has 3 aromatic rings. The minimum atomic E-state index is -0.150. The molecule has 4 rings (SSSR count). The van der Waals surface area contributed by atoms with Gasteiger partial charge in [0, 0.05) is 31.5 Å². The van der Waals surface area contributed by atoms with Gasteiger partial charge in [-0.25, -0.2) is 0 Å². The molecule has 0 unspecified atom stereocenters. The molecule has 1 N–H and O–H groups in total. The lowest BCUT2D eigenvalue weighted by atomic mass is 9.85. The number of hydrogen-bond donors (Lipinski definition) is 1. The molecule has 6 nitrogen and oxygen atoms in total. The average Bonchev–Trinajstić information content (AvgIpc) is 3.15. The van der Waals surface area contributed by atoms with Crippen molar-refractivity contribution in [3.05, 3.63) is 77.6 Å². The van der Waals surface area contributed by atoms with E-state index in [4.69, 9.17) is 4.52 Å². The van der Waals surface area contributed by atoms with Crippen LogP contribution in [-0.4, -0.2) is 41.0 Å². The predicted octanol–water partition coefficient (Wildman–Crippen LogP) is 3.78. The largest absolute Gasteiger partial charge is 0.360 e. The Labute approximate surface area is 175 Å². The Morgan fingerprint density at radius 1 is 1.07 bits per heavy atom. The van der Waals surface area contributed by atoms with Gasteiger partial charge in [-0.15, -0.1) is 0 Å². The van der Waals surface area contributed by atoms with E-state index in [-0.39, 0.29) is 23.8 Å². The van der Waals surface area contributed by atoms with Gasteiger partial charge in [0.25, 0.3) is 5.91 Å². The van der Waals surface area contributed by atoms with Gasteiger partial charge in [0.1, 0.15) is 17.0 Å². The highest BCUT2D eigenvalue weighted by Gasteiger charge is 2.35. The maximum atomic E-state index is 13.5. The van der Waals surface area contributed by atoms with Crippen LogP contribution in [0, 0.1) is 6.92 Å². The SMILES string of the molecule is CC(=O)N[C@H]1CN(C(=O)c2c(-c3ccccc3)noc2C)CC[C@H]1c1ccccc1. The molecule has 1 saturated heterocycles. The molecule has 0 bridgehead atoms. The third kappa shape index (κ3) is 3.99. The zero-order chi connectivity index (χ0) is 21.1. The molecule has 1 fully saturated rings. The summed E-state index contributed by atoms with van der Waals surface area (Å²) < 4.78 is 5.38. The second kappa shape index (κ2) is 8.53. The van der Waals surface area contributed by atoms with E-state index in [1.54, 1.807) is 11.8 Å². The van der Waals surface area contributed by atoms with Crippen LogP contribution < -0.4 is 5.32 Å². The summed E-state index contributed by atoms with van der Waals surface area (Å²) in [6.45, 7) is 4.32. The summed E-state index contributed by atoms with van der Waals surface area (Å²) in [7, 11) is 0. The number of piperidine rings is 1. The first-order chi connectivity index (χ1) is 14.5. The van der Waals surface area contributed by atoms with Crippen molar-refractivity contribution in [2.24, 2.45) is 0 Å². The number of rotatable bonds is 4. The van der Waals surface area contributed by atoms with Crippen LogP contribution in [0.4, 0.5) is 0 Å². The molecule has 0 radical (unpaired) electrons. The summed E-state index contributed by atoms with van der Waals surface area (Å²) in [5.74, 6) is 0.451. The van der Waals surface area contributed by atoms with Gasteiger partial charge in [-0.3, -0.25) is 9.59 Å². The van der Waals surface area contributed by atoms with Crippen molar-refractivity contribution >= 4 is 11.8 Å². The van der Waals surface area contributed by atoms with E-state index in [0.29, 0.717) is 30.1 Å². The van der Waals surface area contributed by atoms with Gasteiger partial charge in [-0.1, -0.05) is 65.8 Å². The van der Waals surface area contributed by atoms with Crippen molar-refractivity contribution in [1.82, 2.24) is 15.4 Å². The van der Waals surface area contributed by atoms with Crippen LogP contribution in [-0.2, 0) is 4.79 Å². The lowest BCUT2D eigenvalue weighted by Gasteiger charge is -2.39. The van der Waals surface area contributed by atoms with Crippen molar-refractivity contribution in [3.8, 4) is 11.3 Å². The predicted molar refractivity (Wildman–Crippen MR) is 114 cm³/mol. The van der Waals surface area contributed by atoms with Crippen LogP contribution in [0.5, 0.6) is 0 Å². The van der Waals surface area contributed by atoms with E-state index in [2.05, 4.69) is 22.6 Å². The number of carbonyl (C=O) groups is 2. The van der Waals surface area contributed by atoms with E-state index in [1.807, 2.05) is 48.5 Å². The van der Waals surface area contributed by atoms with Crippen molar-refractivity contribution in [3.63, 3.8) is 0 Å². The monoisotopic (exact) mass is 403 g/mol. The molecule has 2 aromatic carbocycles. The Morgan fingerprint density at radius 3 is 2.40 bits per heavy atom. The normalized spacial score (nSPS) is 18.8. The van der Waals surface area contributed by atoms with Gasteiger partial charge in [0.2, 0.25) is 5.91 Å². The standard InChI is InChI=1S/C24H25N3O3/c1-16-22(23(26-30-16)19-11-7-4-8-12-19)24(29)27-14-13-20(18-9-5-3-6-10-18)21(15-27)25-17(2)28/h3-12,20-21H,13-15H2,1-2H3,(H,25,28)/t20-,21-/m0/s1. The summed E-state index contributed by atoms with van der Waals surface area (Å²) in [6, 6.07) is 19.6. The molecular formula is C24H25N3O3. The Bertz CT molecular complexity index is 1030. The zero-order valence-electron chi connectivity index (χ0n) is 17.2. The minimum absolute atomic E-state index is 0.0960. The molecule has 1 aromatic heterocycles. The van der Waals surface area contributed by atoms with Crippen LogP contribution in [0.1, 0.15) is 40.9 Å². The number of carbonyl (C=O) groups excluding carboxylic acids is 2. The Hall–Kier alpha value is -3.41. The fourth-order valence-electron chi connectivity index (χ4n) is 4.22. The maximum Gasteiger partial charge on any atom is 0.259 e. The molecule has 0 spiro atoms. The van der Waals surface area contributed by atoms with E-state index in [0.717, 1.165) is 12.0 Å². The molecule has 2 atom stereocenters. The number of benzene rings is 2. The average molecular weight is 403 g/mol. The quantitative estimate of drug-likeness (QED) is 0.719. The fraction of sp³-hybridized carbons (Fsp3) is 0.292. The number of likely N-dealkylation sites (tertiary alicyclic amines) is 1. The van der Waals surface area contributed by atoms with Gasteiger partial charge >= 0.3 is 0 Å². The van der Waals surface area contributed by atoms with Gasteiger partial charge in [0.05, 0.1) is 6.04 Å². The molecule has 1 aliphatic rings. The zero-order valence-corrected chi connectivity index (χ0v) is 17.2. The van der Waals surface area contributed by atoms with E-state index in [9.17, 15) is 9.59 Å². The molecular weight excluding hydrogens is 378 g/mol. The van der Waals surface area contributed by atoms with Crippen molar-refractivity contribution in [2.75, 3.05) is 13.1 Å². The van der Waals surface area contributed by atoms with Crippen LogP contribution in [0.3, 0.4) is 0 Å². The summed E-state index contributed by atoms with van der Waals surface area (Å²) in [5, 5.41) is 7.19. The molecule has 1 aliphatic heterocycles. The third-order valence-electron chi connectivity index (χ3n) is 5.64. The van der Waals surface area contributed by atoms with E-state index >= 15 is 0 Å². The first kappa shape index (κ1) is 19.9. The fourth-order valence-corrected chi connectivity index (χ4v) is 4.22. The lowest BCUT2D eigenvalue weighted by molar-refractivity contribution is -0.120. The first-order valence-electron chi connectivity index (χ1n) is 10.2. The maximum absolute atomic E-state index is 13.5. The van der Waals surface area contributed by atoms with E-state index in [1.165, 1.54) is 12.5 Å². The molecule has 2 heterocycles. The highest BCUT2D eigenvalue weighted by Crippen LogP contribution is 2.31. The van der Waals surface area contributed by atoms with Crippen molar-refractivity contribution < 1.29 is 14.1 Å². The topological polar surface area (TPSA) is 75.4 Å². The Kier molecular flexibility index (Phi) is 5.65. The molecule has 0 saturated carbocycles. The molecule has 0 aliphatic carbocycles. The van der Waals surface area contributed by atoms with Gasteiger partial charge in [-0.2, -0.15) is 0 Å². The Morgan fingerprint density at radius 2 is 1.73 bits per heavy atom. The highest BCUT2D eigenvalue weighted by molar-refractivity contribution is 6.00. The molecule has 6 heteroatoms. The summed E-state index contributed by atoms with van der Waals surface area (Å²) in [4.78, 5) is 27.1. The van der Waals surface area contributed by atoms with Gasteiger partial charge in [0.15, 0.2) is 0 Å². The van der Waals surface area contributed by atoms with Crippen molar-refractivity contribution in [1.29, 1.82) is 0 Å². The molecule has 30 heavy (non-hydrogen) atoms. The number of aromatic nitrogens is 1. The summed E-state index contributed by atoms with van der Waals surface area (Å²) in [6.07, 6.45) is 0.770. The number of nitrogens with one attached hydrogen (secondary N) is 1. The van der Waals surface area contributed by atoms with Crippen LogP contribution in [0.15, 0.2) is 65.2 Å². The second-order valence-electron chi connectivity index (χ2n) is 7.69. The second-order valence-corrected chi connectivity index (χ2v) is 7.69. The van der Waals surface area contributed by atoms with Crippen LogP contribution >= 0.6 is 0 Å². The third-order valence-corrected chi connectivity index (χ3v) is 5.64. The Balaban J connectivity index is 1.61.